The van der Waals surface area contributed by atoms with Crippen molar-refractivity contribution < 1.29 is 9.90 Å². The standard InChI is InChI=1S/C11H15N3O2S/c1-2-9-8(10(15)16)7-12-11(13-9)14-3-5-17-6-4-14/h7H,2-6H2,1H3,(H,15,16). The molecule has 0 spiro atoms. The van der Waals surface area contributed by atoms with Gasteiger partial charge in [-0.1, -0.05) is 6.92 Å². The van der Waals surface area contributed by atoms with E-state index >= 15 is 0 Å². The van der Waals surface area contributed by atoms with Gasteiger partial charge < -0.3 is 10.0 Å². The predicted octanol–water partition coefficient (Wildman–Crippen LogP) is 1.29. The lowest BCUT2D eigenvalue weighted by molar-refractivity contribution is 0.0694. The van der Waals surface area contributed by atoms with Crippen LogP contribution in [0.4, 0.5) is 5.95 Å². The minimum Gasteiger partial charge on any atom is -0.478 e. The van der Waals surface area contributed by atoms with Crippen LogP contribution in [0.1, 0.15) is 23.0 Å². The zero-order valence-corrected chi connectivity index (χ0v) is 10.5. The molecule has 1 aromatic heterocycles. The SMILES string of the molecule is CCc1nc(N2CCSCC2)ncc1C(=O)O. The first kappa shape index (κ1) is 12.2. The molecule has 0 aliphatic carbocycles. The average molecular weight is 253 g/mol. The van der Waals surface area contributed by atoms with Gasteiger partial charge in [-0.25, -0.2) is 14.8 Å². The molecule has 2 rings (SSSR count). The third kappa shape index (κ3) is 2.69. The van der Waals surface area contributed by atoms with Crippen LogP contribution in [0, 0.1) is 0 Å². The van der Waals surface area contributed by atoms with Crippen LogP contribution >= 0.6 is 11.8 Å². The van der Waals surface area contributed by atoms with Gasteiger partial charge in [-0.15, -0.1) is 0 Å². The van der Waals surface area contributed by atoms with E-state index in [1.807, 2.05) is 18.7 Å². The van der Waals surface area contributed by atoms with Crippen LogP contribution in [0.15, 0.2) is 6.20 Å². The molecule has 0 amide bonds. The van der Waals surface area contributed by atoms with E-state index in [1.54, 1.807) is 0 Å². The molecule has 2 heterocycles. The van der Waals surface area contributed by atoms with Crippen molar-refractivity contribution in [1.82, 2.24) is 9.97 Å². The summed E-state index contributed by atoms with van der Waals surface area (Å²) in [5, 5.41) is 9.00. The quantitative estimate of drug-likeness (QED) is 0.875. The number of carbonyl (C=O) groups is 1. The number of thioether (sulfide) groups is 1. The second-order valence-corrected chi connectivity index (χ2v) is 5.01. The minimum absolute atomic E-state index is 0.211. The Bertz CT molecular complexity index is 419. The second kappa shape index (κ2) is 5.35. The van der Waals surface area contributed by atoms with E-state index in [0.29, 0.717) is 18.1 Å². The highest BCUT2D eigenvalue weighted by atomic mass is 32.2. The molecule has 17 heavy (non-hydrogen) atoms. The third-order valence-electron chi connectivity index (χ3n) is 2.71. The van der Waals surface area contributed by atoms with Crippen molar-refractivity contribution in [2.45, 2.75) is 13.3 Å². The second-order valence-electron chi connectivity index (χ2n) is 3.79. The molecule has 1 aliphatic heterocycles. The summed E-state index contributed by atoms with van der Waals surface area (Å²) in [6.07, 6.45) is 2.03. The van der Waals surface area contributed by atoms with Crippen LogP contribution in [0.2, 0.25) is 0 Å². The van der Waals surface area contributed by atoms with Gasteiger partial charge in [0.1, 0.15) is 0 Å². The maximum Gasteiger partial charge on any atom is 0.339 e. The number of hydrogen-bond acceptors (Lipinski definition) is 5. The summed E-state index contributed by atoms with van der Waals surface area (Å²) in [6.45, 7) is 3.77. The first-order valence-electron chi connectivity index (χ1n) is 5.64. The number of hydrogen-bond donors (Lipinski definition) is 1. The molecule has 1 aliphatic rings. The number of nitrogens with zero attached hydrogens (tertiary/aromatic N) is 3. The molecular formula is C11H15N3O2S. The molecule has 1 N–H and O–H groups in total. The lowest BCUT2D eigenvalue weighted by atomic mass is 10.2. The van der Waals surface area contributed by atoms with E-state index < -0.39 is 5.97 Å². The zero-order chi connectivity index (χ0) is 12.3. The molecule has 5 nitrogen and oxygen atoms in total. The van der Waals surface area contributed by atoms with Crippen molar-refractivity contribution in [2.24, 2.45) is 0 Å². The Morgan fingerprint density at radius 2 is 2.24 bits per heavy atom. The molecule has 1 saturated heterocycles. The Balaban J connectivity index is 2.27. The Labute approximate surface area is 104 Å². The first-order chi connectivity index (χ1) is 8.22. The van der Waals surface area contributed by atoms with Crippen molar-refractivity contribution in [3.05, 3.63) is 17.5 Å². The number of aromatic nitrogens is 2. The number of aryl methyl sites for hydroxylation is 1. The summed E-state index contributed by atoms with van der Waals surface area (Å²) < 4.78 is 0. The van der Waals surface area contributed by atoms with E-state index in [4.69, 9.17) is 5.11 Å². The highest BCUT2D eigenvalue weighted by Crippen LogP contribution is 2.17. The van der Waals surface area contributed by atoms with Crippen LogP contribution in [0.5, 0.6) is 0 Å². The Hall–Kier alpha value is -1.30. The summed E-state index contributed by atoms with van der Waals surface area (Å²) in [4.78, 5) is 21.6. The molecule has 1 aromatic rings. The third-order valence-corrected chi connectivity index (χ3v) is 3.66. The first-order valence-corrected chi connectivity index (χ1v) is 6.79. The minimum atomic E-state index is -0.956. The van der Waals surface area contributed by atoms with Gasteiger partial charge in [0.05, 0.1) is 11.3 Å². The lowest BCUT2D eigenvalue weighted by Gasteiger charge is -2.26. The molecular weight excluding hydrogens is 238 g/mol. The number of rotatable bonds is 3. The fourth-order valence-corrected chi connectivity index (χ4v) is 2.67. The van der Waals surface area contributed by atoms with Crippen molar-refractivity contribution in [2.75, 3.05) is 29.5 Å². The van der Waals surface area contributed by atoms with E-state index in [2.05, 4.69) is 14.9 Å². The van der Waals surface area contributed by atoms with Crippen molar-refractivity contribution in [3.63, 3.8) is 0 Å². The summed E-state index contributed by atoms with van der Waals surface area (Å²) in [5.74, 6) is 1.85. The number of anilines is 1. The zero-order valence-electron chi connectivity index (χ0n) is 9.72. The van der Waals surface area contributed by atoms with Gasteiger partial charge >= 0.3 is 5.97 Å². The molecule has 0 atom stereocenters. The van der Waals surface area contributed by atoms with Gasteiger partial charge in [-0.3, -0.25) is 0 Å². The van der Waals surface area contributed by atoms with Gasteiger partial charge in [0.25, 0.3) is 0 Å². The maximum atomic E-state index is 11.0. The van der Waals surface area contributed by atoms with Gasteiger partial charge in [0, 0.05) is 30.8 Å². The highest BCUT2D eigenvalue weighted by molar-refractivity contribution is 7.99. The number of carboxylic acids is 1. The monoisotopic (exact) mass is 253 g/mol. The van der Waals surface area contributed by atoms with Crippen molar-refractivity contribution >= 4 is 23.7 Å². The van der Waals surface area contributed by atoms with Crippen LogP contribution < -0.4 is 4.90 Å². The summed E-state index contributed by atoms with van der Waals surface area (Å²) >= 11 is 1.92. The van der Waals surface area contributed by atoms with Gasteiger partial charge in [-0.05, 0) is 6.42 Å². The molecule has 0 aromatic carbocycles. The van der Waals surface area contributed by atoms with E-state index in [-0.39, 0.29) is 5.56 Å². The predicted molar refractivity (Wildman–Crippen MR) is 67.9 cm³/mol. The largest absolute Gasteiger partial charge is 0.478 e. The molecule has 6 heteroatoms. The smallest absolute Gasteiger partial charge is 0.339 e. The Morgan fingerprint density at radius 3 is 2.82 bits per heavy atom. The number of carboxylic acid groups (broad SMARTS) is 1. The Kier molecular flexibility index (Phi) is 3.83. The molecule has 0 saturated carbocycles. The summed E-state index contributed by atoms with van der Waals surface area (Å²) in [6, 6.07) is 0. The van der Waals surface area contributed by atoms with Gasteiger partial charge in [-0.2, -0.15) is 11.8 Å². The van der Waals surface area contributed by atoms with Crippen LogP contribution in [0.25, 0.3) is 0 Å². The van der Waals surface area contributed by atoms with Crippen LogP contribution in [-0.4, -0.2) is 45.6 Å². The van der Waals surface area contributed by atoms with E-state index in [9.17, 15) is 4.79 Å². The van der Waals surface area contributed by atoms with E-state index in [1.165, 1.54) is 6.20 Å². The van der Waals surface area contributed by atoms with Gasteiger partial charge in [0.2, 0.25) is 5.95 Å². The molecule has 0 bridgehead atoms. The normalized spacial score (nSPS) is 15.9. The lowest BCUT2D eigenvalue weighted by Crippen LogP contribution is -2.34. The van der Waals surface area contributed by atoms with Gasteiger partial charge in [0.15, 0.2) is 0 Å². The maximum absolute atomic E-state index is 11.0. The van der Waals surface area contributed by atoms with Crippen molar-refractivity contribution in [1.29, 1.82) is 0 Å². The summed E-state index contributed by atoms with van der Waals surface area (Å²) in [7, 11) is 0. The molecule has 1 fully saturated rings. The molecule has 92 valence electrons. The molecule has 0 radical (unpaired) electrons. The number of aromatic carboxylic acids is 1. The fourth-order valence-electron chi connectivity index (χ4n) is 1.77. The van der Waals surface area contributed by atoms with Crippen molar-refractivity contribution in [3.8, 4) is 0 Å². The average Bonchev–Trinajstić information content (AvgIpc) is 2.39. The van der Waals surface area contributed by atoms with E-state index in [0.717, 1.165) is 24.6 Å². The summed E-state index contributed by atoms with van der Waals surface area (Å²) in [5.41, 5.74) is 0.823. The fraction of sp³-hybridized carbons (Fsp3) is 0.545. The van der Waals surface area contributed by atoms with Crippen LogP contribution in [-0.2, 0) is 6.42 Å². The Morgan fingerprint density at radius 1 is 1.53 bits per heavy atom. The topological polar surface area (TPSA) is 66.3 Å². The molecule has 0 unspecified atom stereocenters. The van der Waals surface area contributed by atoms with Crippen LogP contribution in [0.3, 0.4) is 0 Å². The highest BCUT2D eigenvalue weighted by Gasteiger charge is 2.17.